The number of fused-ring (bicyclic) bond motifs is 2. The number of amides is 1. The fourth-order valence-electron chi connectivity index (χ4n) is 2.97. The Bertz CT molecular complexity index is 1060. The lowest BCUT2D eigenvalue weighted by molar-refractivity contribution is 0.0949. The molecule has 0 spiro atoms. The third-order valence-corrected chi connectivity index (χ3v) is 4.26. The minimum atomic E-state index is -0.145. The van der Waals surface area contributed by atoms with Crippen LogP contribution in [0.5, 0.6) is 0 Å². The molecule has 0 radical (unpaired) electrons. The zero-order valence-corrected chi connectivity index (χ0v) is 14.1. The molecule has 0 saturated carbocycles. The summed E-state index contributed by atoms with van der Waals surface area (Å²) >= 11 is 0. The van der Waals surface area contributed by atoms with Crippen LogP contribution < -0.4 is 5.32 Å². The SMILES string of the molecule is Cc1ccc2nc(C)c(C(=O)NCc3nc4ccccc4[nH]3)cc2c1. The van der Waals surface area contributed by atoms with Gasteiger partial charge in [0.25, 0.3) is 5.91 Å². The number of H-pyrrole nitrogens is 1. The topological polar surface area (TPSA) is 70.7 Å². The highest BCUT2D eigenvalue weighted by atomic mass is 16.1. The van der Waals surface area contributed by atoms with E-state index in [4.69, 9.17) is 0 Å². The monoisotopic (exact) mass is 330 g/mol. The summed E-state index contributed by atoms with van der Waals surface area (Å²) in [6.07, 6.45) is 0. The Kier molecular flexibility index (Phi) is 3.69. The van der Waals surface area contributed by atoms with E-state index in [1.54, 1.807) is 0 Å². The number of carbonyl (C=O) groups excluding carboxylic acids is 1. The first-order valence-corrected chi connectivity index (χ1v) is 8.20. The van der Waals surface area contributed by atoms with E-state index < -0.39 is 0 Å². The lowest BCUT2D eigenvalue weighted by Gasteiger charge is -2.08. The third kappa shape index (κ3) is 2.96. The maximum Gasteiger partial charge on any atom is 0.253 e. The van der Waals surface area contributed by atoms with E-state index in [0.717, 1.165) is 39.0 Å². The predicted molar refractivity (Wildman–Crippen MR) is 98.5 cm³/mol. The van der Waals surface area contributed by atoms with Gasteiger partial charge in [0.1, 0.15) is 5.82 Å². The van der Waals surface area contributed by atoms with Crippen LogP contribution in [-0.2, 0) is 6.54 Å². The van der Waals surface area contributed by atoms with E-state index in [9.17, 15) is 4.79 Å². The summed E-state index contributed by atoms with van der Waals surface area (Å²) in [7, 11) is 0. The number of aromatic amines is 1. The first kappa shape index (κ1) is 15.3. The number of carbonyl (C=O) groups is 1. The summed E-state index contributed by atoms with van der Waals surface area (Å²) in [5.74, 6) is 0.589. The molecule has 0 aliphatic carbocycles. The van der Waals surface area contributed by atoms with Crippen LogP contribution in [-0.4, -0.2) is 20.9 Å². The number of para-hydroxylation sites is 2. The number of imidazole rings is 1. The van der Waals surface area contributed by atoms with Gasteiger partial charge in [-0.25, -0.2) is 4.98 Å². The molecule has 0 saturated heterocycles. The second-order valence-electron chi connectivity index (χ2n) is 6.20. The molecule has 25 heavy (non-hydrogen) atoms. The fraction of sp³-hybridized carbons (Fsp3) is 0.150. The van der Waals surface area contributed by atoms with E-state index in [-0.39, 0.29) is 5.91 Å². The van der Waals surface area contributed by atoms with E-state index in [1.165, 1.54) is 0 Å². The average molecular weight is 330 g/mol. The number of aryl methyl sites for hydroxylation is 2. The molecule has 0 bridgehead atoms. The summed E-state index contributed by atoms with van der Waals surface area (Å²) in [6, 6.07) is 15.7. The summed E-state index contributed by atoms with van der Waals surface area (Å²) in [5, 5.41) is 3.90. The first-order valence-electron chi connectivity index (χ1n) is 8.20. The number of aromatic nitrogens is 3. The molecule has 1 amide bonds. The molecule has 2 N–H and O–H groups in total. The number of nitrogens with one attached hydrogen (secondary N) is 2. The summed E-state index contributed by atoms with van der Waals surface area (Å²) < 4.78 is 0. The number of pyridine rings is 1. The third-order valence-electron chi connectivity index (χ3n) is 4.26. The van der Waals surface area contributed by atoms with Crippen LogP contribution in [0.4, 0.5) is 0 Å². The van der Waals surface area contributed by atoms with E-state index in [1.807, 2.05) is 62.4 Å². The second-order valence-corrected chi connectivity index (χ2v) is 6.20. The van der Waals surface area contributed by atoms with Gasteiger partial charge in [-0.05, 0) is 44.2 Å². The Hall–Kier alpha value is -3.21. The van der Waals surface area contributed by atoms with Crippen molar-refractivity contribution in [3.8, 4) is 0 Å². The first-order chi connectivity index (χ1) is 12.1. The summed E-state index contributed by atoms with van der Waals surface area (Å²) in [4.78, 5) is 24.8. The molecule has 5 heteroatoms. The molecule has 0 aliphatic heterocycles. The van der Waals surface area contributed by atoms with E-state index >= 15 is 0 Å². The smallest absolute Gasteiger partial charge is 0.253 e. The molecule has 124 valence electrons. The zero-order chi connectivity index (χ0) is 17.4. The zero-order valence-electron chi connectivity index (χ0n) is 14.1. The summed E-state index contributed by atoms with van der Waals surface area (Å²) in [6.45, 7) is 4.23. The highest BCUT2D eigenvalue weighted by Crippen LogP contribution is 2.18. The van der Waals surface area contributed by atoms with Crippen molar-refractivity contribution in [2.75, 3.05) is 0 Å². The Morgan fingerprint density at radius 2 is 1.88 bits per heavy atom. The standard InChI is InChI=1S/C20H18N4O/c1-12-7-8-16-14(9-12)10-15(13(2)22-16)20(25)21-11-19-23-17-5-3-4-6-18(17)24-19/h3-10H,11H2,1-2H3,(H,21,25)(H,23,24). The Morgan fingerprint density at radius 1 is 1.04 bits per heavy atom. The van der Waals surface area contributed by atoms with Gasteiger partial charge in [0.05, 0.1) is 34.4 Å². The summed E-state index contributed by atoms with van der Waals surface area (Å²) in [5.41, 5.74) is 5.22. The predicted octanol–water partition coefficient (Wildman–Crippen LogP) is 3.66. The lowest BCUT2D eigenvalue weighted by atomic mass is 10.1. The Balaban J connectivity index is 1.57. The molecule has 5 nitrogen and oxygen atoms in total. The van der Waals surface area contributed by atoms with Crippen LogP contribution in [0, 0.1) is 13.8 Å². The van der Waals surface area contributed by atoms with Gasteiger partial charge >= 0.3 is 0 Å². The van der Waals surface area contributed by atoms with Crippen molar-refractivity contribution in [3.05, 3.63) is 71.2 Å². The number of rotatable bonds is 3. The lowest BCUT2D eigenvalue weighted by Crippen LogP contribution is -2.24. The van der Waals surface area contributed by atoms with Gasteiger partial charge in [-0.1, -0.05) is 23.8 Å². The normalized spacial score (nSPS) is 11.1. The highest BCUT2D eigenvalue weighted by Gasteiger charge is 2.12. The van der Waals surface area contributed by atoms with Crippen LogP contribution in [0.25, 0.3) is 21.9 Å². The number of benzene rings is 2. The van der Waals surface area contributed by atoms with Gasteiger partial charge in [-0.3, -0.25) is 9.78 Å². The largest absolute Gasteiger partial charge is 0.345 e. The molecular weight excluding hydrogens is 312 g/mol. The number of hydrogen-bond acceptors (Lipinski definition) is 3. The average Bonchev–Trinajstić information content (AvgIpc) is 3.02. The van der Waals surface area contributed by atoms with Gasteiger partial charge in [-0.2, -0.15) is 0 Å². The minimum Gasteiger partial charge on any atom is -0.345 e. The van der Waals surface area contributed by atoms with Gasteiger partial charge in [0, 0.05) is 5.39 Å². The van der Waals surface area contributed by atoms with Crippen LogP contribution in [0.3, 0.4) is 0 Å². The highest BCUT2D eigenvalue weighted by molar-refractivity contribution is 5.98. The number of nitrogens with zero attached hydrogens (tertiary/aromatic N) is 2. The fourth-order valence-corrected chi connectivity index (χ4v) is 2.97. The van der Waals surface area contributed by atoms with Crippen LogP contribution in [0.1, 0.15) is 27.4 Å². The Labute approximate surface area is 145 Å². The maximum atomic E-state index is 12.6. The maximum absolute atomic E-state index is 12.6. The van der Waals surface area contributed by atoms with Crippen LogP contribution in [0.15, 0.2) is 48.5 Å². The molecule has 4 rings (SSSR count). The van der Waals surface area contributed by atoms with Crippen molar-refractivity contribution in [1.29, 1.82) is 0 Å². The molecule has 2 heterocycles. The van der Waals surface area contributed by atoms with Gasteiger partial charge < -0.3 is 10.3 Å². The minimum absolute atomic E-state index is 0.145. The van der Waals surface area contributed by atoms with Crippen molar-refractivity contribution in [1.82, 2.24) is 20.3 Å². The van der Waals surface area contributed by atoms with Crippen LogP contribution >= 0.6 is 0 Å². The van der Waals surface area contributed by atoms with Gasteiger partial charge in [-0.15, -0.1) is 0 Å². The van der Waals surface area contributed by atoms with Crippen molar-refractivity contribution < 1.29 is 4.79 Å². The molecule has 2 aromatic carbocycles. The molecular formula is C20H18N4O. The molecule has 0 atom stereocenters. The van der Waals surface area contributed by atoms with Gasteiger partial charge in [0.2, 0.25) is 0 Å². The van der Waals surface area contributed by atoms with Crippen molar-refractivity contribution in [2.45, 2.75) is 20.4 Å². The van der Waals surface area contributed by atoms with E-state index in [0.29, 0.717) is 12.1 Å². The van der Waals surface area contributed by atoms with E-state index in [2.05, 4.69) is 20.3 Å². The van der Waals surface area contributed by atoms with Crippen molar-refractivity contribution in [2.24, 2.45) is 0 Å². The molecule has 0 fully saturated rings. The quantitative estimate of drug-likeness (QED) is 0.602. The molecule has 0 aliphatic rings. The Morgan fingerprint density at radius 3 is 2.72 bits per heavy atom. The molecule has 2 aromatic heterocycles. The second kappa shape index (κ2) is 6.02. The molecule has 0 unspecified atom stereocenters. The van der Waals surface area contributed by atoms with Crippen molar-refractivity contribution in [3.63, 3.8) is 0 Å². The van der Waals surface area contributed by atoms with Crippen molar-refractivity contribution >= 4 is 27.8 Å². The van der Waals surface area contributed by atoms with Gasteiger partial charge in [0.15, 0.2) is 0 Å². The number of hydrogen-bond donors (Lipinski definition) is 2. The van der Waals surface area contributed by atoms with Crippen LogP contribution in [0.2, 0.25) is 0 Å². The molecule has 4 aromatic rings.